The van der Waals surface area contributed by atoms with E-state index in [9.17, 15) is 0 Å². The van der Waals surface area contributed by atoms with Gasteiger partial charge in [0.2, 0.25) is 0 Å². The molecule has 34 heavy (non-hydrogen) atoms. The summed E-state index contributed by atoms with van der Waals surface area (Å²) in [4.78, 5) is 9.99. The topological polar surface area (TPSA) is 48.8 Å². The average molecular weight is 463 g/mol. The van der Waals surface area contributed by atoms with Crippen LogP contribution < -0.4 is 10.6 Å². The fourth-order valence-electron chi connectivity index (χ4n) is 3.71. The van der Waals surface area contributed by atoms with Crippen LogP contribution in [0.5, 0.6) is 0 Å². The third-order valence-electron chi connectivity index (χ3n) is 5.92. The predicted molar refractivity (Wildman–Crippen MR) is 152 cm³/mol. The first-order valence-electron chi connectivity index (χ1n) is 13.4. The number of aliphatic imine (C=N–C) groups is 2. The van der Waals surface area contributed by atoms with Crippen molar-refractivity contribution in [2.24, 2.45) is 9.98 Å². The van der Waals surface area contributed by atoms with Crippen LogP contribution in [0.3, 0.4) is 0 Å². The van der Waals surface area contributed by atoms with Crippen LogP contribution >= 0.6 is 0 Å². The second-order valence-electron chi connectivity index (χ2n) is 9.27. The van der Waals surface area contributed by atoms with E-state index in [1.54, 1.807) is 0 Å². The van der Waals surface area contributed by atoms with Gasteiger partial charge in [-0.3, -0.25) is 9.98 Å². The lowest BCUT2D eigenvalue weighted by atomic mass is 10.1. The number of rotatable bonds is 14. The van der Waals surface area contributed by atoms with Crippen LogP contribution in [-0.4, -0.2) is 24.8 Å². The summed E-state index contributed by atoms with van der Waals surface area (Å²) in [5.74, 6) is 1.65. The van der Waals surface area contributed by atoms with E-state index in [4.69, 9.17) is 9.98 Å². The standard InChI is InChI=1S/C30H46N4/c1-5-7-9-11-13-23-31-29(33-27-19-15-25(3)16-20-27)30(32-24-14-12-10-8-6-2)34-28-21-17-26(4)18-22-28/h15-22H,5-14,23-24H2,1-4H3,(H,31,33)(H,32,34). The highest BCUT2D eigenvalue weighted by atomic mass is 15.1. The van der Waals surface area contributed by atoms with E-state index in [1.807, 2.05) is 0 Å². The number of hydrogen-bond acceptors (Lipinski definition) is 2. The number of amidine groups is 2. The predicted octanol–water partition coefficient (Wildman–Crippen LogP) is 8.57. The number of nitrogens with one attached hydrogen (secondary N) is 2. The number of anilines is 2. The second kappa shape index (κ2) is 16.9. The largest absolute Gasteiger partial charge is 0.337 e. The van der Waals surface area contributed by atoms with Gasteiger partial charge in [0.25, 0.3) is 0 Å². The van der Waals surface area contributed by atoms with Crippen LogP contribution in [0, 0.1) is 13.8 Å². The number of nitrogens with zero attached hydrogens (tertiary/aromatic N) is 2. The zero-order chi connectivity index (χ0) is 24.4. The van der Waals surface area contributed by atoms with Gasteiger partial charge in [0.15, 0.2) is 11.7 Å². The van der Waals surface area contributed by atoms with E-state index < -0.39 is 0 Å². The molecule has 0 spiro atoms. The smallest absolute Gasteiger partial charge is 0.168 e. The highest BCUT2D eigenvalue weighted by Crippen LogP contribution is 2.13. The Labute approximate surface area is 208 Å². The SMILES string of the molecule is CCCCCCCN=C(Nc1ccc(C)cc1)C(=NCCCCCCC)Nc1ccc(C)cc1. The van der Waals surface area contributed by atoms with Crippen molar-refractivity contribution < 1.29 is 0 Å². The maximum atomic E-state index is 4.99. The molecule has 0 aliphatic carbocycles. The van der Waals surface area contributed by atoms with E-state index >= 15 is 0 Å². The third kappa shape index (κ3) is 11.5. The molecule has 0 saturated heterocycles. The molecule has 2 aromatic carbocycles. The number of aryl methyl sites for hydroxylation is 2. The lowest BCUT2D eigenvalue weighted by molar-refractivity contribution is 0.638. The van der Waals surface area contributed by atoms with Crippen molar-refractivity contribution in [1.29, 1.82) is 0 Å². The van der Waals surface area contributed by atoms with Gasteiger partial charge in [-0.25, -0.2) is 0 Å². The van der Waals surface area contributed by atoms with Gasteiger partial charge in [-0.05, 0) is 51.0 Å². The maximum Gasteiger partial charge on any atom is 0.168 e. The molecule has 2 rings (SSSR count). The first-order chi connectivity index (χ1) is 16.6. The number of unbranched alkanes of at least 4 members (excludes halogenated alkanes) is 8. The van der Waals surface area contributed by atoms with E-state index in [0.717, 1.165) is 49.0 Å². The normalized spacial score (nSPS) is 12.1. The summed E-state index contributed by atoms with van der Waals surface area (Å²) in [5.41, 5.74) is 4.57. The van der Waals surface area contributed by atoms with Gasteiger partial charge in [0, 0.05) is 24.5 Å². The fourth-order valence-corrected chi connectivity index (χ4v) is 3.71. The Morgan fingerprint density at radius 1 is 0.529 bits per heavy atom. The van der Waals surface area contributed by atoms with Crippen molar-refractivity contribution in [3.8, 4) is 0 Å². The zero-order valence-corrected chi connectivity index (χ0v) is 22.0. The molecule has 0 atom stereocenters. The molecule has 0 amide bonds. The minimum Gasteiger partial charge on any atom is -0.337 e. The number of hydrogen-bond donors (Lipinski definition) is 2. The summed E-state index contributed by atoms with van der Waals surface area (Å²) in [6.45, 7) is 10.3. The molecule has 0 heterocycles. The molecule has 0 saturated carbocycles. The highest BCUT2D eigenvalue weighted by Gasteiger charge is 2.11. The molecular formula is C30H46N4. The van der Waals surface area contributed by atoms with Crippen LogP contribution in [0.25, 0.3) is 0 Å². The van der Waals surface area contributed by atoms with Crippen molar-refractivity contribution in [3.05, 3.63) is 59.7 Å². The summed E-state index contributed by atoms with van der Waals surface area (Å²) in [6.07, 6.45) is 12.4. The van der Waals surface area contributed by atoms with E-state index in [2.05, 4.69) is 86.9 Å². The van der Waals surface area contributed by atoms with Gasteiger partial charge >= 0.3 is 0 Å². The van der Waals surface area contributed by atoms with Crippen molar-refractivity contribution in [2.45, 2.75) is 91.9 Å². The first-order valence-corrected chi connectivity index (χ1v) is 13.4. The number of benzene rings is 2. The Morgan fingerprint density at radius 2 is 0.882 bits per heavy atom. The second-order valence-corrected chi connectivity index (χ2v) is 9.27. The van der Waals surface area contributed by atoms with Gasteiger partial charge in [0.05, 0.1) is 0 Å². The Balaban J connectivity index is 2.20. The molecule has 0 radical (unpaired) electrons. The molecule has 0 bridgehead atoms. The quantitative estimate of drug-likeness (QED) is 0.168. The van der Waals surface area contributed by atoms with Crippen molar-refractivity contribution in [1.82, 2.24) is 0 Å². The summed E-state index contributed by atoms with van der Waals surface area (Å²) >= 11 is 0. The van der Waals surface area contributed by atoms with Gasteiger partial charge in [-0.1, -0.05) is 101 Å². The molecule has 4 nitrogen and oxygen atoms in total. The molecule has 186 valence electrons. The minimum atomic E-state index is 0.809. The van der Waals surface area contributed by atoms with E-state index in [-0.39, 0.29) is 0 Å². The molecule has 4 heteroatoms. The van der Waals surface area contributed by atoms with Gasteiger partial charge < -0.3 is 10.6 Å². The molecule has 0 unspecified atom stereocenters. The molecule has 0 fully saturated rings. The lowest BCUT2D eigenvalue weighted by Crippen LogP contribution is -2.30. The van der Waals surface area contributed by atoms with Crippen LogP contribution in [0.2, 0.25) is 0 Å². The molecule has 0 aliphatic rings. The van der Waals surface area contributed by atoms with Crippen LogP contribution in [0.4, 0.5) is 11.4 Å². The maximum absolute atomic E-state index is 4.99. The summed E-state index contributed by atoms with van der Waals surface area (Å²) < 4.78 is 0. The van der Waals surface area contributed by atoms with Crippen molar-refractivity contribution in [3.63, 3.8) is 0 Å². The van der Waals surface area contributed by atoms with Gasteiger partial charge in [0.1, 0.15) is 0 Å². The van der Waals surface area contributed by atoms with E-state index in [0.29, 0.717) is 0 Å². The van der Waals surface area contributed by atoms with Gasteiger partial charge in [-0.15, -0.1) is 0 Å². The summed E-state index contributed by atoms with van der Waals surface area (Å²) in [5, 5.41) is 7.12. The Morgan fingerprint density at radius 3 is 1.24 bits per heavy atom. The van der Waals surface area contributed by atoms with Crippen molar-refractivity contribution >= 4 is 23.0 Å². The summed E-state index contributed by atoms with van der Waals surface area (Å²) in [7, 11) is 0. The zero-order valence-electron chi connectivity index (χ0n) is 22.0. The monoisotopic (exact) mass is 462 g/mol. The molecule has 2 N–H and O–H groups in total. The average Bonchev–Trinajstić information content (AvgIpc) is 2.84. The minimum absolute atomic E-state index is 0.809. The molecular weight excluding hydrogens is 416 g/mol. The van der Waals surface area contributed by atoms with E-state index in [1.165, 1.54) is 62.5 Å². The molecule has 0 aliphatic heterocycles. The first kappa shape index (κ1) is 27.6. The highest BCUT2D eigenvalue weighted by molar-refractivity contribution is 6.48. The third-order valence-corrected chi connectivity index (χ3v) is 5.92. The molecule has 0 aromatic heterocycles. The Bertz CT molecular complexity index is 777. The fraction of sp³-hybridized carbons (Fsp3) is 0.533. The molecule has 2 aromatic rings. The Hall–Kier alpha value is -2.62. The Kier molecular flexibility index (Phi) is 13.7. The lowest BCUT2D eigenvalue weighted by Gasteiger charge is -2.16. The van der Waals surface area contributed by atoms with Crippen LogP contribution in [0.15, 0.2) is 58.5 Å². The van der Waals surface area contributed by atoms with Crippen molar-refractivity contribution in [2.75, 3.05) is 23.7 Å². The summed E-state index contributed by atoms with van der Waals surface area (Å²) in [6, 6.07) is 17.0. The van der Waals surface area contributed by atoms with Crippen LogP contribution in [-0.2, 0) is 0 Å². The van der Waals surface area contributed by atoms with Gasteiger partial charge in [-0.2, -0.15) is 0 Å². The van der Waals surface area contributed by atoms with Crippen LogP contribution in [0.1, 0.15) is 89.2 Å².